The predicted molar refractivity (Wildman–Crippen MR) is 54.5 cm³/mol. The molecule has 1 unspecified atom stereocenters. The number of nitrogens with one attached hydrogen (secondary N) is 1. The van der Waals surface area contributed by atoms with E-state index in [1.165, 1.54) is 12.8 Å². The Morgan fingerprint density at radius 2 is 2.17 bits per heavy atom. The fraction of sp³-hybridized carbons (Fsp3) is 1.00. The smallest absolute Gasteiger partial charge is 0.0500 e. The van der Waals surface area contributed by atoms with Gasteiger partial charge in [0.05, 0.1) is 5.37 Å². The maximum atomic E-state index is 5.30. The van der Waals surface area contributed by atoms with E-state index in [0.717, 1.165) is 25.7 Å². The summed E-state index contributed by atoms with van der Waals surface area (Å²) in [5.41, 5.74) is 0. The van der Waals surface area contributed by atoms with E-state index in [4.69, 9.17) is 4.74 Å². The molecule has 2 nitrogen and oxygen atoms in total. The van der Waals surface area contributed by atoms with E-state index in [1.54, 1.807) is 0 Å². The predicted octanol–water partition coefficient (Wildman–Crippen LogP) is 1.71. The van der Waals surface area contributed by atoms with Gasteiger partial charge in [-0.3, -0.25) is 0 Å². The normalized spacial score (nSPS) is 22.5. The third-order valence-electron chi connectivity index (χ3n) is 2.39. The molecule has 1 fully saturated rings. The summed E-state index contributed by atoms with van der Waals surface area (Å²) < 4.78 is 5.30. The van der Waals surface area contributed by atoms with Gasteiger partial charge in [0.25, 0.3) is 0 Å². The first-order chi connectivity index (χ1) is 5.83. The van der Waals surface area contributed by atoms with Crippen molar-refractivity contribution in [2.45, 2.75) is 25.1 Å². The molecule has 0 aromatic rings. The lowest BCUT2D eigenvalue weighted by Gasteiger charge is -2.23. The number of hydrogen-bond acceptors (Lipinski definition) is 3. The van der Waals surface area contributed by atoms with Crippen LogP contribution in [0.15, 0.2) is 0 Å². The van der Waals surface area contributed by atoms with Crippen molar-refractivity contribution in [3.63, 3.8) is 0 Å². The zero-order valence-electron chi connectivity index (χ0n) is 8.01. The molecule has 0 aromatic carbocycles. The Labute approximate surface area is 79.4 Å². The van der Waals surface area contributed by atoms with Crippen LogP contribution in [0, 0.1) is 5.92 Å². The Kier molecular flexibility index (Phi) is 5.04. The summed E-state index contributed by atoms with van der Waals surface area (Å²) >= 11 is 1.87. The van der Waals surface area contributed by atoms with Gasteiger partial charge in [0, 0.05) is 13.2 Å². The fourth-order valence-electron chi connectivity index (χ4n) is 1.37. The minimum atomic E-state index is 0.591. The SMILES string of the molecule is CSC(C)NCC1CCOCC1. The maximum absolute atomic E-state index is 5.30. The first-order valence-corrected chi connectivity index (χ1v) is 5.95. The second-order valence-electron chi connectivity index (χ2n) is 3.34. The molecular weight excluding hydrogens is 170 g/mol. The van der Waals surface area contributed by atoms with E-state index in [0.29, 0.717) is 5.37 Å². The van der Waals surface area contributed by atoms with E-state index in [1.807, 2.05) is 11.8 Å². The molecule has 72 valence electrons. The summed E-state index contributed by atoms with van der Waals surface area (Å²) in [6.07, 6.45) is 4.60. The summed E-state index contributed by atoms with van der Waals surface area (Å²) in [7, 11) is 0. The Bertz CT molecular complexity index is 115. The van der Waals surface area contributed by atoms with Crippen LogP contribution in [-0.2, 0) is 4.74 Å². The highest BCUT2D eigenvalue weighted by Crippen LogP contribution is 2.14. The lowest BCUT2D eigenvalue weighted by molar-refractivity contribution is 0.0663. The van der Waals surface area contributed by atoms with Gasteiger partial charge < -0.3 is 10.1 Å². The number of hydrogen-bond donors (Lipinski definition) is 1. The minimum Gasteiger partial charge on any atom is -0.381 e. The van der Waals surface area contributed by atoms with Crippen molar-refractivity contribution >= 4 is 11.8 Å². The zero-order chi connectivity index (χ0) is 8.81. The van der Waals surface area contributed by atoms with Gasteiger partial charge in [-0.05, 0) is 38.5 Å². The van der Waals surface area contributed by atoms with Crippen molar-refractivity contribution in [3.8, 4) is 0 Å². The highest BCUT2D eigenvalue weighted by atomic mass is 32.2. The zero-order valence-corrected chi connectivity index (χ0v) is 8.82. The number of ether oxygens (including phenoxy) is 1. The molecule has 1 atom stereocenters. The lowest BCUT2D eigenvalue weighted by Crippen LogP contribution is -2.31. The highest BCUT2D eigenvalue weighted by molar-refractivity contribution is 7.99. The van der Waals surface area contributed by atoms with Gasteiger partial charge in [-0.2, -0.15) is 0 Å². The van der Waals surface area contributed by atoms with Crippen LogP contribution in [0.4, 0.5) is 0 Å². The van der Waals surface area contributed by atoms with Gasteiger partial charge in [-0.25, -0.2) is 0 Å². The van der Waals surface area contributed by atoms with Crippen LogP contribution in [0.5, 0.6) is 0 Å². The third kappa shape index (κ3) is 3.78. The third-order valence-corrected chi connectivity index (χ3v) is 3.26. The van der Waals surface area contributed by atoms with Crippen LogP contribution in [0.2, 0.25) is 0 Å². The molecule has 0 radical (unpaired) electrons. The van der Waals surface area contributed by atoms with Gasteiger partial charge >= 0.3 is 0 Å². The van der Waals surface area contributed by atoms with Crippen molar-refractivity contribution < 1.29 is 4.74 Å². The molecule has 1 aliphatic heterocycles. The largest absolute Gasteiger partial charge is 0.381 e. The van der Waals surface area contributed by atoms with E-state index >= 15 is 0 Å². The summed E-state index contributed by atoms with van der Waals surface area (Å²) in [6, 6.07) is 0. The topological polar surface area (TPSA) is 21.3 Å². The quantitative estimate of drug-likeness (QED) is 0.680. The second-order valence-corrected chi connectivity index (χ2v) is 4.52. The minimum absolute atomic E-state index is 0.591. The standard InChI is InChI=1S/C9H19NOS/c1-8(12-2)10-7-9-3-5-11-6-4-9/h8-10H,3-7H2,1-2H3. The average molecular weight is 189 g/mol. The van der Waals surface area contributed by atoms with E-state index in [2.05, 4.69) is 18.5 Å². The van der Waals surface area contributed by atoms with E-state index < -0.39 is 0 Å². The Balaban J connectivity index is 2.05. The molecule has 0 amide bonds. The molecule has 1 N–H and O–H groups in total. The van der Waals surface area contributed by atoms with Crippen molar-refractivity contribution in [1.82, 2.24) is 5.32 Å². The van der Waals surface area contributed by atoms with Crippen LogP contribution in [-0.4, -0.2) is 31.4 Å². The average Bonchev–Trinajstić information content (AvgIpc) is 2.16. The molecule has 12 heavy (non-hydrogen) atoms. The van der Waals surface area contributed by atoms with Gasteiger partial charge in [0.15, 0.2) is 0 Å². The van der Waals surface area contributed by atoms with Crippen LogP contribution < -0.4 is 5.32 Å². The first-order valence-electron chi connectivity index (χ1n) is 4.67. The molecular formula is C9H19NOS. The number of thioether (sulfide) groups is 1. The molecule has 0 spiro atoms. The number of rotatable bonds is 4. The highest BCUT2D eigenvalue weighted by Gasteiger charge is 2.13. The Morgan fingerprint density at radius 1 is 1.50 bits per heavy atom. The lowest BCUT2D eigenvalue weighted by atomic mass is 10.0. The van der Waals surface area contributed by atoms with Gasteiger partial charge in [-0.15, -0.1) is 11.8 Å². The van der Waals surface area contributed by atoms with Gasteiger partial charge in [0.2, 0.25) is 0 Å². The van der Waals surface area contributed by atoms with E-state index in [9.17, 15) is 0 Å². The van der Waals surface area contributed by atoms with Crippen LogP contribution >= 0.6 is 11.8 Å². The van der Waals surface area contributed by atoms with Crippen molar-refractivity contribution in [2.24, 2.45) is 5.92 Å². The molecule has 3 heteroatoms. The molecule has 1 rings (SSSR count). The molecule has 0 bridgehead atoms. The van der Waals surface area contributed by atoms with Crippen molar-refractivity contribution in [1.29, 1.82) is 0 Å². The molecule has 0 saturated carbocycles. The first kappa shape index (κ1) is 10.4. The second kappa shape index (κ2) is 5.84. The molecule has 1 aliphatic rings. The Hall–Kier alpha value is 0.270. The fourth-order valence-corrected chi connectivity index (χ4v) is 1.63. The molecule has 1 saturated heterocycles. The van der Waals surface area contributed by atoms with Gasteiger partial charge in [0.1, 0.15) is 0 Å². The summed E-state index contributed by atoms with van der Waals surface area (Å²) in [6.45, 7) is 5.29. The monoisotopic (exact) mass is 189 g/mol. The van der Waals surface area contributed by atoms with Gasteiger partial charge in [-0.1, -0.05) is 0 Å². The van der Waals surface area contributed by atoms with Crippen LogP contribution in [0.25, 0.3) is 0 Å². The molecule has 1 heterocycles. The summed E-state index contributed by atoms with van der Waals surface area (Å²) in [5.74, 6) is 0.841. The van der Waals surface area contributed by atoms with Crippen molar-refractivity contribution in [2.75, 3.05) is 26.0 Å². The van der Waals surface area contributed by atoms with Crippen LogP contribution in [0.3, 0.4) is 0 Å². The summed E-state index contributed by atoms with van der Waals surface area (Å²) in [5, 5.41) is 4.10. The molecule has 0 aromatic heterocycles. The summed E-state index contributed by atoms with van der Waals surface area (Å²) in [4.78, 5) is 0. The van der Waals surface area contributed by atoms with Crippen LogP contribution in [0.1, 0.15) is 19.8 Å². The maximum Gasteiger partial charge on any atom is 0.0500 e. The Morgan fingerprint density at radius 3 is 2.75 bits per heavy atom. The van der Waals surface area contributed by atoms with Crippen molar-refractivity contribution in [3.05, 3.63) is 0 Å². The molecule has 0 aliphatic carbocycles. The van der Waals surface area contributed by atoms with E-state index in [-0.39, 0.29) is 0 Å².